The quantitative estimate of drug-likeness (QED) is 0.762. The summed E-state index contributed by atoms with van der Waals surface area (Å²) < 4.78 is 27.9. The number of nitrogens with zero attached hydrogens (tertiary/aromatic N) is 3. The first-order valence-electron chi connectivity index (χ1n) is 9.85. The smallest absolute Gasteiger partial charge is 0.255 e. The maximum absolute atomic E-state index is 13.3. The minimum Gasteiger partial charge on any atom is -0.338 e. The van der Waals surface area contributed by atoms with Crippen LogP contribution in [0.5, 0.6) is 0 Å². The molecule has 28 heavy (non-hydrogen) atoms. The van der Waals surface area contributed by atoms with E-state index in [9.17, 15) is 13.2 Å². The second-order valence-corrected chi connectivity index (χ2v) is 10.3. The van der Waals surface area contributed by atoms with Crippen LogP contribution in [0.3, 0.4) is 0 Å². The van der Waals surface area contributed by atoms with Crippen LogP contribution in [-0.2, 0) is 10.0 Å². The second kappa shape index (κ2) is 8.31. The number of benzene rings is 1. The molecule has 1 aromatic carbocycles. The molecule has 2 aliphatic heterocycles. The molecule has 8 heteroatoms. The van der Waals surface area contributed by atoms with E-state index in [1.54, 1.807) is 46.7 Å². The number of rotatable bonds is 4. The van der Waals surface area contributed by atoms with E-state index in [2.05, 4.69) is 4.98 Å². The van der Waals surface area contributed by atoms with E-state index in [-0.39, 0.29) is 22.3 Å². The van der Waals surface area contributed by atoms with Gasteiger partial charge in [-0.05, 0) is 37.8 Å². The molecule has 1 unspecified atom stereocenters. The number of aromatic nitrogens is 1. The first kappa shape index (κ1) is 19.5. The molecular weight excluding hydrogens is 394 g/mol. The van der Waals surface area contributed by atoms with Gasteiger partial charge in [0.25, 0.3) is 5.91 Å². The van der Waals surface area contributed by atoms with Crippen LogP contribution in [0.1, 0.15) is 53.4 Å². The molecule has 0 radical (unpaired) electrons. The Kier molecular flexibility index (Phi) is 5.80. The van der Waals surface area contributed by atoms with Gasteiger partial charge in [-0.25, -0.2) is 13.4 Å². The fraction of sp³-hybridized carbons (Fsp3) is 0.500. The highest BCUT2D eigenvalue weighted by atomic mass is 32.2. The molecule has 1 amide bonds. The Balaban J connectivity index is 1.60. The topological polar surface area (TPSA) is 70.6 Å². The van der Waals surface area contributed by atoms with Crippen molar-refractivity contribution in [3.63, 3.8) is 0 Å². The molecule has 0 saturated carbocycles. The van der Waals surface area contributed by atoms with Gasteiger partial charge < -0.3 is 4.90 Å². The van der Waals surface area contributed by atoms with Crippen LogP contribution < -0.4 is 0 Å². The average molecular weight is 420 g/mol. The number of carbonyl (C=O) groups excluding carboxylic acids is 1. The van der Waals surface area contributed by atoms with Gasteiger partial charge >= 0.3 is 0 Å². The Morgan fingerprint density at radius 3 is 2.61 bits per heavy atom. The van der Waals surface area contributed by atoms with Crippen molar-refractivity contribution in [1.82, 2.24) is 14.2 Å². The number of sulfonamides is 1. The molecule has 150 valence electrons. The third kappa shape index (κ3) is 3.86. The van der Waals surface area contributed by atoms with Crippen molar-refractivity contribution in [1.29, 1.82) is 0 Å². The van der Waals surface area contributed by atoms with Crippen molar-refractivity contribution in [2.75, 3.05) is 26.2 Å². The van der Waals surface area contributed by atoms with Crippen LogP contribution in [0.15, 0.2) is 40.7 Å². The number of carbonyl (C=O) groups is 1. The van der Waals surface area contributed by atoms with Gasteiger partial charge in [-0.1, -0.05) is 18.6 Å². The lowest BCUT2D eigenvalue weighted by molar-refractivity contribution is 0.0703. The Hall–Kier alpha value is -1.77. The second-order valence-electron chi connectivity index (χ2n) is 7.42. The number of amides is 1. The highest BCUT2D eigenvalue weighted by Crippen LogP contribution is 2.30. The summed E-state index contributed by atoms with van der Waals surface area (Å²) in [5.74, 6) is 0.0287. The molecule has 1 atom stereocenters. The zero-order chi connectivity index (χ0) is 19.6. The first-order valence-corrected chi connectivity index (χ1v) is 12.2. The third-order valence-electron chi connectivity index (χ3n) is 5.56. The minimum atomic E-state index is -3.66. The number of hydrogen-bond acceptors (Lipinski definition) is 5. The predicted molar refractivity (Wildman–Crippen MR) is 109 cm³/mol. The highest BCUT2D eigenvalue weighted by molar-refractivity contribution is 7.89. The van der Waals surface area contributed by atoms with Gasteiger partial charge in [-0.2, -0.15) is 4.31 Å². The highest BCUT2D eigenvalue weighted by Gasteiger charge is 2.33. The molecule has 2 aromatic rings. The van der Waals surface area contributed by atoms with Gasteiger partial charge in [0.15, 0.2) is 0 Å². The van der Waals surface area contributed by atoms with E-state index in [1.165, 1.54) is 4.31 Å². The summed E-state index contributed by atoms with van der Waals surface area (Å²) in [5.41, 5.74) is 0.285. The Labute approximate surface area is 170 Å². The lowest BCUT2D eigenvalue weighted by atomic mass is 9.98. The molecule has 2 fully saturated rings. The zero-order valence-corrected chi connectivity index (χ0v) is 17.4. The van der Waals surface area contributed by atoms with Gasteiger partial charge in [-0.15, -0.1) is 11.3 Å². The normalized spacial score (nSPS) is 21.6. The van der Waals surface area contributed by atoms with Gasteiger partial charge in [0.1, 0.15) is 0 Å². The Bertz CT molecular complexity index is 922. The van der Waals surface area contributed by atoms with Gasteiger partial charge in [-0.3, -0.25) is 4.79 Å². The van der Waals surface area contributed by atoms with Crippen molar-refractivity contribution in [2.24, 2.45) is 0 Å². The predicted octanol–water partition coefficient (Wildman–Crippen LogP) is 3.34. The van der Waals surface area contributed by atoms with Crippen LogP contribution in [-0.4, -0.2) is 54.7 Å². The largest absolute Gasteiger partial charge is 0.338 e. The van der Waals surface area contributed by atoms with E-state index in [0.29, 0.717) is 26.2 Å². The lowest BCUT2D eigenvalue weighted by Crippen LogP contribution is -2.41. The van der Waals surface area contributed by atoms with Crippen molar-refractivity contribution in [2.45, 2.75) is 42.9 Å². The standard InChI is InChI=1S/C20H25N3O3S2/c24-20(22-11-6-7-16(15-22)19-21-10-14-27-19)17-8-2-3-9-18(17)28(25,26)23-12-4-1-5-13-23/h2-3,8-10,14,16H,1,4-7,11-13,15H2. The number of thiazole rings is 1. The molecule has 0 bridgehead atoms. The van der Waals surface area contributed by atoms with E-state index in [0.717, 1.165) is 37.1 Å². The zero-order valence-electron chi connectivity index (χ0n) is 15.8. The molecule has 0 N–H and O–H groups in total. The summed E-state index contributed by atoms with van der Waals surface area (Å²) in [5, 5.41) is 3.00. The monoisotopic (exact) mass is 419 g/mol. The summed E-state index contributed by atoms with van der Waals surface area (Å²) in [6.07, 6.45) is 6.50. The lowest BCUT2D eigenvalue weighted by Gasteiger charge is -2.33. The van der Waals surface area contributed by atoms with E-state index in [1.807, 2.05) is 5.38 Å². The van der Waals surface area contributed by atoms with E-state index >= 15 is 0 Å². The SMILES string of the molecule is O=C(c1ccccc1S(=O)(=O)N1CCCCC1)N1CCCC(c2nccs2)C1. The molecule has 0 spiro atoms. The molecular formula is C20H25N3O3S2. The van der Waals surface area contributed by atoms with Crippen molar-refractivity contribution in [3.8, 4) is 0 Å². The third-order valence-corrected chi connectivity index (χ3v) is 8.45. The van der Waals surface area contributed by atoms with Crippen LogP contribution >= 0.6 is 11.3 Å². The van der Waals surface area contributed by atoms with Crippen molar-refractivity contribution in [3.05, 3.63) is 46.4 Å². The summed E-state index contributed by atoms with van der Waals surface area (Å²) in [4.78, 5) is 19.6. The molecule has 4 rings (SSSR count). The molecule has 0 aliphatic carbocycles. The van der Waals surface area contributed by atoms with Gasteiger partial charge in [0, 0.05) is 43.7 Å². The van der Waals surface area contributed by atoms with Gasteiger partial charge in [0.2, 0.25) is 10.0 Å². The maximum atomic E-state index is 13.3. The molecule has 2 saturated heterocycles. The van der Waals surface area contributed by atoms with Crippen molar-refractivity contribution >= 4 is 27.3 Å². The van der Waals surface area contributed by atoms with Crippen molar-refractivity contribution < 1.29 is 13.2 Å². The fourth-order valence-corrected chi connectivity index (χ4v) is 6.55. The van der Waals surface area contributed by atoms with Crippen LogP contribution in [0, 0.1) is 0 Å². The van der Waals surface area contributed by atoms with Crippen LogP contribution in [0.2, 0.25) is 0 Å². The van der Waals surface area contributed by atoms with Crippen LogP contribution in [0.25, 0.3) is 0 Å². The van der Waals surface area contributed by atoms with E-state index < -0.39 is 10.0 Å². The number of likely N-dealkylation sites (tertiary alicyclic amines) is 1. The molecule has 1 aromatic heterocycles. The molecule has 2 aliphatic rings. The molecule has 3 heterocycles. The summed E-state index contributed by atoms with van der Waals surface area (Å²) in [6.45, 7) is 2.30. The fourth-order valence-electron chi connectivity index (χ4n) is 4.08. The summed E-state index contributed by atoms with van der Waals surface area (Å²) in [6, 6.07) is 6.65. The van der Waals surface area contributed by atoms with Crippen LogP contribution in [0.4, 0.5) is 0 Å². The molecule has 6 nitrogen and oxygen atoms in total. The average Bonchev–Trinajstić information content (AvgIpc) is 3.29. The van der Waals surface area contributed by atoms with E-state index in [4.69, 9.17) is 0 Å². The summed E-state index contributed by atoms with van der Waals surface area (Å²) >= 11 is 1.61. The number of hydrogen-bond donors (Lipinski definition) is 0. The maximum Gasteiger partial charge on any atom is 0.255 e. The first-order chi connectivity index (χ1) is 13.6. The Morgan fingerprint density at radius 1 is 1.07 bits per heavy atom. The number of piperidine rings is 2. The van der Waals surface area contributed by atoms with Gasteiger partial charge in [0.05, 0.1) is 15.5 Å². The Morgan fingerprint density at radius 2 is 1.86 bits per heavy atom. The minimum absolute atomic E-state index is 0.137. The summed E-state index contributed by atoms with van der Waals surface area (Å²) in [7, 11) is -3.66.